The lowest BCUT2D eigenvalue weighted by Gasteiger charge is -2.33. The van der Waals surface area contributed by atoms with E-state index in [0.717, 1.165) is 43.3 Å². The topological polar surface area (TPSA) is 97.7 Å². The zero-order chi connectivity index (χ0) is 38.8. The first-order chi connectivity index (χ1) is 24.9. The van der Waals surface area contributed by atoms with Gasteiger partial charge in [-0.15, -0.1) is 0 Å². The van der Waals surface area contributed by atoms with E-state index in [2.05, 4.69) is 27.9 Å². The Morgan fingerprint density at radius 3 is 1.04 bits per heavy atom. The first-order valence-corrected chi connectivity index (χ1v) is 23.5. The van der Waals surface area contributed by atoms with Gasteiger partial charge in [0.1, 0.15) is 35.4 Å². The molecule has 1 aromatic carbocycles. The Bertz CT molecular complexity index is 973. The van der Waals surface area contributed by atoms with E-state index in [0.29, 0.717) is 5.56 Å². The predicted molar refractivity (Wildman–Crippen MR) is 223 cm³/mol. The molecule has 7 heteroatoms. The van der Waals surface area contributed by atoms with Crippen molar-refractivity contribution in [1.29, 1.82) is 0 Å². The fourth-order valence-electron chi connectivity index (χ4n) is 7.38. The maximum atomic E-state index is 10.6. The number of likely N-dealkylation sites (N-methyl/N-ethyl adjacent to an activating group) is 1. The van der Waals surface area contributed by atoms with Crippen molar-refractivity contribution in [2.24, 2.45) is 0 Å². The van der Waals surface area contributed by atoms with Crippen molar-refractivity contribution in [3.05, 3.63) is 29.8 Å². The summed E-state index contributed by atoms with van der Waals surface area (Å²) in [5, 5.41) is 21.2. The first kappa shape index (κ1) is 51.0. The van der Waals surface area contributed by atoms with E-state index in [-0.39, 0.29) is 17.1 Å². The average molecular weight is 754 g/mol. The molecule has 52 heavy (non-hydrogen) atoms. The van der Waals surface area contributed by atoms with Crippen molar-refractivity contribution in [1.82, 2.24) is 0 Å². The molecule has 0 radical (unpaired) electrons. The molecule has 0 saturated carbocycles. The van der Waals surface area contributed by atoms with Gasteiger partial charge in [-0.05, 0) is 31.4 Å². The number of aliphatic hydroxyl groups is 2. The molecule has 0 amide bonds. The van der Waals surface area contributed by atoms with E-state index in [1.54, 1.807) is 19.1 Å². The van der Waals surface area contributed by atoms with E-state index in [1.807, 2.05) is 0 Å². The maximum absolute atomic E-state index is 10.6. The van der Waals surface area contributed by atoms with Gasteiger partial charge < -0.3 is 19.2 Å². The fourth-order valence-corrected chi connectivity index (χ4v) is 8.09. The highest BCUT2D eigenvalue weighted by molar-refractivity contribution is 7.85. The number of quaternary nitrogens is 1. The molecule has 6 nitrogen and oxygen atoms in total. The summed E-state index contributed by atoms with van der Waals surface area (Å²) in [6, 6.07) is 6.10. The Kier molecular flexibility index (Phi) is 33.8. The number of hydrogen-bond acceptors (Lipinski definition) is 5. The number of aryl methyl sites for hydroxylation is 1. The van der Waals surface area contributed by atoms with E-state index in [4.69, 9.17) is 0 Å². The molecule has 0 saturated heterocycles. The zero-order valence-corrected chi connectivity index (χ0v) is 35.9. The fraction of sp³-hybridized carbons (Fsp3) is 0.867. The standard InChI is InChI=1S/C38H80NO2.C7H8O3S/c1-5-7-9-11-13-15-17-19-21-23-25-27-29-31-33-37(40)35-39(3,4)36-38(41)34-32-30-28-26-24-22-20-18-16-14-12-10-8-6-2;1-6-4-2-3-5-7(6)11(8,9)10/h37-38,40-41H,5-36H2,1-4H3;2-5H,1H3,(H,8,9,10)/q+1;/p-1. The van der Waals surface area contributed by atoms with Crippen LogP contribution in [0.5, 0.6) is 0 Å². The lowest BCUT2D eigenvalue weighted by molar-refractivity contribution is -0.896. The lowest BCUT2D eigenvalue weighted by atomic mass is 10.0. The summed E-state index contributed by atoms with van der Waals surface area (Å²) in [5.41, 5.74) is 0.488. The van der Waals surface area contributed by atoms with Crippen LogP contribution < -0.4 is 0 Å². The molecule has 1 rings (SSSR count). The minimum Gasteiger partial charge on any atom is -0.744 e. The third-order valence-electron chi connectivity index (χ3n) is 10.6. The van der Waals surface area contributed by atoms with Gasteiger partial charge in [-0.3, -0.25) is 0 Å². The summed E-state index contributed by atoms with van der Waals surface area (Å²) in [5.74, 6) is 0. The number of aliphatic hydroxyl groups excluding tert-OH is 2. The summed E-state index contributed by atoms with van der Waals surface area (Å²) in [7, 11) is 0.0555. The van der Waals surface area contributed by atoms with Crippen LogP contribution in [0.4, 0.5) is 0 Å². The van der Waals surface area contributed by atoms with Gasteiger partial charge >= 0.3 is 0 Å². The number of rotatable bonds is 35. The smallest absolute Gasteiger partial charge is 0.124 e. The van der Waals surface area contributed by atoms with Crippen LogP contribution in [-0.2, 0) is 10.1 Å². The van der Waals surface area contributed by atoms with Crippen LogP contribution in [0.25, 0.3) is 0 Å². The van der Waals surface area contributed by atoms with Crippen LogP contribution in [0.3, 0.4) is 0 Å². The molecule has 0 bridgehead atoms. The average Bonchev–Trinajstić information content (AvgIpc) is 3.08. The highest BCUT2D eigenvalue weighted by Gasteiger charge is 2.23. The van der Waals surface area contributed by atoms with E-state index >= 15 is 0 Å². The molecule has 2 atom stereocenters. The predicted octanol–water partition coefficient (Wildman–Crippen LogP) is 12.4. The van der Waals surface area contributed by atoms with Gasteiger partial charge in [0.25, 0.3) is 0 Å². The highest BCUT2D eigenvalue weighted by Crippen LogP contribution is 2.17. The maximum Gasteiger partial charge on any atom is 0.124 e. The van der Waals surface area contributed by atoms with Crippen LogP contribution in [-0.4, -0.2) is 67.1 Å². The van der Waals surface area contributed by atoms with Crippen molar-refractivity contribution in [3.63, 3.8) is 0 Å². The quantitative estimate of drug-likeness (QED) is 0.0409. The van der Waals surface area contributed by atoms with Gasteiger partial charge in [0.05, 0.1) is 19.0 Å². The van der Waals surface area contributed by atoms with Crippen molar-refractivity contribution >= 4 is 10.1 Å². The van der Waals surface area contributed by atoms with Gasteiger partial charge in [0, 0.05) is 0 Å². The molecule has 0 aliphatic rings. The largest absolute Gasteiger partial charge is 0.744 e. The summed E-state index contributed by atoms with van der Waals surface area (Å²) >= 11 is 0. The molecular weight excluding hydrogens is 667 g/mol. The minimum absolute atomic E-state index is 0.139. The van der Waals surface area contributed by atoms with Crippen LogP contribution in [0.1, 0.15) is 212 Å². The second-order valence-electron chi connectivity index (χ2n) is 16.6. The Morgan fingerprint density at radius 2 is 0.788 bits per heavy atom. The third kappa shape index (κ3) is 33.6. The van der Waals surface area contributed by atoms with Gasteiger partial charge in [-0.25, -0.2) is 8.42 Å². The summed E-state index contributed by atoms with van der Waals surface area (Å²) < 4.78 is 32.2. The van der Waals surface area contributed by atoms with Gasteiger partial charge in [-0.1, -0.05) is 212 Å². The molecule has 0 spiro atoms. The highest BCUT2D eigenvalue weighted by atomic mass is 32.2. The molecule has 0 heterocycles. The SMILES string of the molecule is CCCCCCCCCCCCCCCCC(O)C[N+](C)(C)CC(O)CCCCCCCCCCCCCCCC.Cc1ccccc1S(=O)(=O)[O-]. The molecule has 2 unspecified atom stereocenters. The summed E-state index contributed by atoms with van der Waals surface area (Å²) in [6.45, 7) is 7.68. The molecule has 308 valence electrons. The molecule has 1 aromatic rings. The number of nitrogens with zero attached hydrogens (tertiary/aromatic N) is 1. The Balaban J connectivity index is 0.00000199. The van der Waals surface area contributed by atoms with Crippen LogP contribution >= 0.6 is 0 Å². The normalized spacial score (nSPS) is 13.2. The van der Waals surface area contributed by atoms with Crippen LogP contribution in [0.2, 0.25) is 0 Å². The second kappa shape index (κ2) is 34.5. The van der Waals surface area contributed by atoms with E-state index < -0.39 is 10.1 Å². The lowest BCUT2D eigenvalue weighted by Crippen LogP contribution is -2.49. The zero-order valence-electron chi connectivity index (χ0n) is 35.1. The molecule has 0 aliphatic heterocycles. The van der Waals surface area contributed by atoms with Crippen molar-refractivity contribution in [2.75, 3.05) is 27.2 Å². The van der Waals surface area contributed by atoms with Crippen molar-refractivity contribution in [2.45, 2.75) is 230 Å². The van der Waals surface area contributed by atoms with Crippen LogP contribution in [0, 0.1) is 6.92 Å². The van der Waals surface area contributed by atoms with Crippen molar-refractivity contribution < 1.29 is 27.7 Å². The van der Waals surface area contributed by atoms with E-state index in [1.165, 1.54) is 179 Å². The number of unbranched alkanes of at least 4 members (excludes halogenated alkanes) is 26. The second-order valence-corrected chi connectivity index (χ2v) is 17.9. The Labute approximate surface area is 324 Å². The Hall–Kier alpha value is -0.990. The van der Waals surface area contributed by atoms with Crippen LogP contribution in [0.15, 0.2) is 29.2 Å². The Morgan fingerprint density at radius 1 is 0.519 bits per heavy atom. The third-order valence-corrected chi connectivity index (χ3v) is 11.6. The van der Waals surface area contributed by atoms with Gasteiger partial charge in [0.15, 0.2) is 0 Å². The minimum atomic E-state index is -4.28. The molecule has 2 N–H and O–H groups in total. The number of benzene rings is 1. The molecule has 0 aromatic heterocycles. The van der Waals surface area contributed by atoms with Gasteiger partial charge in [0.2, 0.25) is 0 Å². The summed E-state index contributed by atoms with van der Waals surface area (Å²) in [4.78, 5) is -0.139. The van der Waals surface area contributed by atoms with E-state index in [9.17, 15) is 23.2 Å². The first-order valence-electron chi connectivity index (χ1n) is 22.1. The van der Waals surface area contributed by atoms with Gasteiger partial charge in [-0.2, -0.15) is 0 Å². The molecule has 0 aliphatic carbocycles. The molecular formula is C45H87NO5S. The van der Waals surface area contributed by atoms with Crippen molar-refractivity contribution in [3.8, 4) is 0 Å². The monoisotopic (exact) mass is 754 g/mol. The summed E-state index contributed by atoms with van der Waals surface area (Å²) in [6.07, 6.45) is 39.8. The number of hydrogen-bond donors (Lipinski definition) is 2. The molecule has 0 fully saturated rings.